The second-order valence-electron chi connectivity index (χ2n) is 2.80. The van der Waals surface area contributed by atoms with E-state index in [0.717, 1.165) is 0 Å². The summed E-state index contributed by atoms with van der Waals surface area (Å²) in [6, 6.07) is 3.13. The van der Waals surface area contributed by atoms with Crippen LogP contribution in [0, 0.1) is 0 Å². The lowest BCUT2D eigenvalue weighted by Gasteiger charge is -2.19. The van der Waals surface area contributed by atoms with Crippen LogP contribution in [0.3, 0.4) is 0 Å². The van der Waals surface area contributed by atoms with Gasteiger partial charge in [0.1, 0.15) is 0 Å². The third-order valence-electron chi connectivity index (χ3n) is 1.83. The molecule has 0 aromatic carbocycles. The van der Waals surface area contributed by atoms with Crippen molar-refractivity contribution in [2.45, 2.75) is 12.5 Å². The van der Waals surface area contributed by atoms with Crippen molar-refractivity contribution >= 4 is 5.97 Å². The second kappa shape index (κ2) is 3.53. The number of methoxy groups -OCH3 is 1. The van der Waals surface area contributed by atoms with Gasteiger partial charge in [-0.1, -0.05) is 0 Å². The molecule has 0 aliphatic heterocycles. The molecule has 1 aromatic heterocycles. The van der Waals surface area contributed by atoms with Crippen LogP contribution >= 0.6 is 0 Å². The van der Waals surface area contributed by atoms with Gasteiger partial charge in [0.15, 0.2) is 5.60 Å². The van der Waals surface area contributed by atoms with Crippen LogP contribution < -0.4 is 0 Å². The smallest absolute Gasteiger partial charge is 0.342 e. The van der Waals surface area contributed by atoms with Gasteiger partial charge in [0, 0.05) is 12.4 Å². The summed E-state index contributed by atoms with van der Waals surface area (Å²) in [5.41, 5.74) is -1.13. The highest BCUT2D eigenvalue weighted by Gasteiger charge is 2.33. The monoisotopic (exact) mass is 181 g/mol. The van der Waals surface area contributed by atoms with Crippen LogP contribution in [-0.2, 0) is 15.1 Å². The molecule has 0 saturated carbocycles. The number of aromatic nitrogens is 1. The van der Waals surface area contributed by atoms with Crippen molar-refractivity contribution in [3.8, 4) is 0 Å². The first-order valence-electron chi connectivity index (χ1n) is 3.80. The van der Waals surface area contributed by atoms with E-state index >= 15 is 0 Å². The molecule has 1 N–H and O–H groups in total. The normalized spacial score (nSPS) is 14.7. The van der Waals surface area contributed by atoms with Gasteiger partial charge in [0.25, 0.3) is 0 Å². The Morgan fingerprint density at radius 3 is 2.54 bits per heavy atom. The van der Waals surface area contributed by atoms with E-state index < -0.39 is 11.6 Å². The van der Waals surface area contributed by atoms with Crippen molar-refractivity contribution in [3.05, 3.63) is 30.1 Å². The van der Waals surface area contributed by atoms with Gasteiger partial charge in [0.2, 0.25) is 0 Å². The quantitative estimate of drug-likeness (QED) is 0.673. The standard InChI is InChI=1S/C9H11NO3/c1-9(12,8(11)13-2)7-3-5-10-6-4-7/h3-6,12H,1-2H3/t9-/m1/s1. The van der Waals surface area contributed by atoms with Gasteiger partial charge in [-0.2, -0.15) is 0 Å². The molecule has 1 rings (SSSR count). The number of rotatable bonds is 2. The number of carbonyl (C=O) groups excluding carboxylic acids is 1. The highest BCUT2D eigenvalue weighted by atomic mass is 16.5. The van der Waals surface area contributed by atoms with Gasteiger partial charge in [-0.15, -0.1) is 0 Å². The molecule has 1 atom stereocenters. The Morgan fingerprint density at radius 2 is 2.08 bits per heavy atom. The van der Waals surface area contributed by atoms with Crippen molar-refractivity contribution in [3.63, 3.8) is 0 Å². The van der Waals surface area contributed by atoms with Gasteiger partial charge >= 0.3 is 5.97 Å². The number of carbonyl (C=O) groups is 1. The maximum absolute atomic E-state index is 11.1. The molecule has 0 aliphatic carbocycles. The first-order chi connectivity index (χ1) is 6.09. The fourth-order valence-electron chi connectivity index (χ4n) is 0.993. The second-order valence-corrected chi connectivity index (χ2v) is 2.80. The summed E-state index contributed by atoms with van der Waals surface area (Å²) in [6.45, 7) is 1.38. The van der Waals surface area contributed by atoms with E-state index in [9.17, 15) is 9.90 Å². The summed E-state index contributed by atoms with van der Waals surface area (Å²) in [5, 5.41) is 9.75. The minimum Gasteiger partial charge on any atom is -0.467 e. The summed E-state index contributed by atoms with van der Waals surface area (Å²) in [6.07, 6.45) is 3.01. The third-order valence-corrected chi connectivity index (χ3v) is 1.83. The molecular formula is C9H11NO3. The van der Waals surface area contributed by atoms with Crippen LogP contribution in [0.25, 0.3) is 0 Å². The zero-order valence-electron chi connectivity index (χ0n) is 7.52. The molecule has 0 amide bonds. The Balaban J connectivity index is 3.00. The molecule has 0 aliphatic rings. The lowest BCUT2D eigenvalue weighted by Crippen LogP contribution is -2.33. The van der Waals surface area contributed by atoms with Crippen molar-refractivity contribution in [1.82, 2.24) is 4.98 Å². The molecule has 1 aromatic rings. The molecule has 70 valence electrons. The highest BCUT2D eigenvalue weighted by Crippen LogP contribution is 2.20. The minimum absolute atomic E-state index is 0.467. The Morgan fingerprint density at radius 1 is 1.54 bits per heavy atom. The van der Waals surface area contributed by atoms with Crippen molar-refractivity contribution in [1.29, 1.82) is 0 Å². The van der Waals surface area contributed by atoms with Crippen LogP contribution in [0.2, 0.25) is 0 Å². The predicted octanol–water partition coefficient (Wildman–Crippen LogP) is 0.462. The van der Waals surface area contributed by atoms with E-state index in [0.29, 0.717) is 5.56 Å². The third kappa shape index (κ3) is 1.84. The van der Waals surface area contributed by atoms with Crippen LogP contribution in [0.5, 0.6) is 0 Å². The minimum atomic E-state index is -1.60. The van der Waals surface area contributed by atoms with Crippen LogP contribution in [-0.4, -0.2) is 23.2 Å². The summed E-state index contributed by atoms with van der Waals surface area (Å²) in [7, 11) is 1.23. The predicted molar refractivity (Wildman–Crippen MR) is 45.8 cm³/mol. The molecular weight excluding hydrogens is 170 g/mol. The number of nitrogens with zero attached hydrogens (tertiary/aromatic N) is 1. The molecule has 13 heavy (non-hydrogen) atoms. The molecule has 4 heteroatoms. The number of hydrogen-bond donors (Lipinski definition) is 1. The molecule has 0 radical (unpaired) electrons. The number of esters is 1. The average Bonchev–Trinajstić information content (AvgIpc) is 2.18. The maximum Gasteiger partial charge on any atom is 0.342 e. The van der Waals surface area contributed by atoms with Crippen molar-refractivity contribution < 1.29 is 14.6 Å². The fraction of sp³-hybridized carbons (Fsp3) is 0.333. The summed E-state index contributed by atoms with van der Waals surface area (Å²) >= 11 is 0. The van der Waals surface area contributed by atoms with E-state index in [1.54, 1.807) is 12.1 Å². The number of ether oxygens (including phenoxy) is 1. The summed E-state index contributed by atoms with van der Waals surface area (Å²) < 4.78 is 4.46. The lowest BCUT2D eigenvalue weighted by atomic mass is 9.98. The average molecular weight is 181 g/mol. The van der Waals surface area contributed by atoms with E-state index in [2.05, 4.69) is 9.72 Å². The van der Waals surface area contributed by atoms with E-state index in [1.807, 2.05) is 0 Å². The Bertz CT molecular complexity index is 295. The number of pyridine rings is 1. The zero-order valence-corrected chi connectivity index (χ0v) is 7.52. The van der Waals surface area contributed by atoms with E-state index in [1.165, 1.54) is 26.4 Å². The maximum atomic E-state index is 11.1. The molecule has 1 heterocycles. The first kappa shape index (κ1) is 9.67. The lowest BCUT2D eigenvalue weighted by molar-refractivity contribution is -0.161. The molecule has 0 unspecified atom stereocenters. The number of aliphatic hydroxyl groups is 1. The van der Waals surface area contributed by atoms with Gasteiger partial charge in [0.05, 0.1) is 7.11 Å². The van der Waals surface area contributed by atoms with E-state index in [4.69, 9.17) is 0 Å². The Kier molecular flexibility index (Phi) is 2.63. The van der Waals surface area contributed by atoms with Gasteiger partial charge in [-0.3, -0.25) is 4.98 Å². The zero-order chi connectivity index (χ0) is 9.90. The summed E-state index contributed by atoms with van der Waals surface area (Å²) in [4.78, 5) is 14.9. The molecule has 4 nitrogen and oxygen atoms in total. The van der Waals surface area contributed by atoms with Gasteiger partial charge < -0.3 is 9.84 Å². The van der Waals surface area contributed by atoms with Crippen LogP contribution in [0.4, 0.5) is 0 Å². The highest BCUT2D eigenvalue weighted by molar-refractivity contribution is 5.80. The molecule has 0 spiro atoms. The first-order valence-corrected chi connectivity index (χ1v) is 3.80. The fourth-order valence-corrected chi connectivity index (χ4v) is 0.993. The summed E-state index contributed by atoms with van der Waals surface area (Å²) in [5.74, 6) is -0.682. The van der Waals surface area contributed by atoms with Crippen LogP contribution in [0.1, 0.15) is 12.5 Å². The molecule has 0 fully saturated rings. The van der Waals surface area contributed by atoms with Crippen LogP contribution in [0.15, 0.2) is 24.5 Å². The number of hydrogen-bond acceptors (Lipinski definition) is 4. The van der Waals surface area contributed by atoms with Crippen molar-refractivity contribution in [2.75, 3.05) is 7.11 Å². The topological polar surface area (TPSA) is 59.4 Å². The SMILES string of the molecule is COC(=O)[C@](C)(O)c1ccncc1. The molecule has 0 saturated heterocycles. The van der Waals surface area contributed by atoms with Gasteiger partial charge in [-0.05, 0) is 24.6 Å². The van der Waals surface area contributed by atoms with Gasteiger partial charge in [-0.25, -0.2) is 4.79 Å². The Hall–Kier alpha value is -1.42. The molecule has 0 bridgehead atoms. The van der Waals surface area contributed by atoms with Crippen molar-refractivity contribution in [2.24, 2.45) is 0 Å². The Labute approximate surface area is 76.2 Å². The largest absolute Gasteiger partial charge is 0.467 e. The van der Waals surface area contributed by atoms with E-state index in [-0.39, 0.29) is 0 Å².